The van der Waals surface area contributed by atoms with Crippen molar-refractivity contribution in [3.63, 3.8) is 0 Å². The maximum absolute atomic E-state index is 12.3. The molecule has 0 unspecified atom stereocenters. The zero-order valence-corrected chi connectivity index (χ0v) is 14.1. The third kappa shape index (κ3) is 4.22. The summed E-state index contributed by atoms with van der Waals surface area (Å²) in [7, 11) is 1.34. The van der Waals surface area contributed by atoms with Gasteiger partial charge in [0.1, 0.15) is 5.75 Å². The molecular formula is C17H24N2O4. The summed E-state index contributed by atoms with van der Waals surface area (Å²) < 4.78 is 10.3. The molecule has 0 aliphatic carbocycles. The van der Waals surface area contributed by atoms with Gasteiger partial charge >= 0.3 is 12.1 Å². The van der Waals surface area contributed by atoms with Gasteiger partial charge in [-0.05, 0) is 23.6 Å². The van der Waals surface area contributed by atoms with Crippen LogP contribution in [-0.4, -0.2) is 50.3 Å². The van der Waals surface area contributed by atoms with Crippen LogP contribution in [0.3, 0.4) is 0 Å². The minimum atomic E-state index is -0.407. The van der Waals surface area contributed by atoms with Crippen molar-refractivity contribution >= 4 is 12.1 Å². The predicted octanol–water partition coefficient (Wildman–Crippen LogP) is 2.17. The number of benzene rings is 1. The van der Waals surface area contributed by atoms with Crippen LogP contribution in [0.15, 0.2) is 18.2 Å². The first-order valence-electron chi connectivity index (χ1n) is 7.73. The summed E-state index contributed by atoms with van der Waals surface area (Å²) in [5, 5.41) is 3.19. The Bertz CT molecular complexity index is 587. The number of esters is 1. The van der Waals surface area contributed by atoms with Crippen LogP contribution >= 0.6 is 0 Å². The first kappa shape index (κ1) is 17.3. The molecule has 126 valence electrons. The molecule has 1 heterocycles. The first-order chi connectivity index (χ1) is 10.8. The van der Waals surface area contributed by atoms with Gasteiger partial charge in [-0.2, -0.15) is 0 Å². The molecule has 0 bridgehead atoms. The molecule has 2 rings (SSSR count). The largest absolute Gasteiger partial charge is 0.465 e. The smallest absolute Gasteiger partial charge is 0.415 e. The van der Waals surface area contributed by atoms with Crippen molar-refractivity contribution in [2.45, 2.75) is 26.2 Å². The van der Waals surface area contributed by atoms with E-state index in [9.17, 15) is 9.59 Å². The van der Waals surface area contributed by atoms with Crippen molar-refractivity contribution in [1.82, 2.24) is 10.2 Å². The molecule has 1 aliphatic rings. The molecule has 1 saturated heterocycles. The third-order valence-corrected chi connectivity index (χ3v) is 3.78. The van der Waals surface area contributed by atoms with Crippen molar-refractivity contribution in [2.75, 3.05) is 33.3 Å². The summed E-state index contributed by atoms with van der Waals surface area (Å²) in [4.78, 5) is 25.7. The second-order valence-electron chi connectivity index (χ2n) is 6.56. The number of hydrogen-bond acceptors (Lipinski definition) is 5. The lowest BCUT2D eigenvalue weighted by Crippen LogP contribution is -2.47. The number of nitrogens with zero attached hydrogens (tertiary/aromatic N) is 1. The summed E-state index contributed by atoms with van der Waals surface area (Å²) in [6.07, 6.45) is -0.359. The molecule has 0 radical (unpaired) electrons. The van der Waals surface area contributed by atoms with Gasteiger partial charge in [-0.1, -0.05) is 20.8 Å². The van der Waals surface area contributed by atoms with Crippen molar-refractivity contribution < 1.29 is 19.1 Å². The van der Waals surface area contributed by atoms with Crippen molar-refractivity contribution in [3.05, 3.63) is 29.3 Å². The Morgan fingerprint density at radius 1 is 1.17 bits per heavy atom. The quantitative estimate of drug-likeness (QED) is 0.846. The monoisotopic (exact) mass is 320 g/mol. The number of ether oxygens (including phenoxy) is 2. The van der Waals surface area contributed by atoms with Crippen molar-refractivity contribution in [2.24, 2.45) is 0 Å². The van der Waals surface area contributed by atoms with Crippen LogP contribution in [0.5, 0.6) is 5.75 Å². The fraction of sp³-hybridized carbons (Fsp3) is 0.529. The number of hydrogen-bond donors (Lipinski definition) is 1. The van der Waals surface area contributed by atoms with E-state index in [0.717, 1.165) is 18.7 Å². The van der Waals surface area contributed by atoms with Crippen LogP contribution in [0.1, 0.15) is 36.7 Å². The molecule has 1 aromatic carbocycles. The lowest BCUT2D eigenvalue weighted by Gasteiger charge is -2.28. The van der Waals surface area contributed by atoms with E-state index in [1.807, 2.05) is 20.8 Å². The summed E-state index contributed by atoms with van der Waals surface area (Å²) in [6, 6.07) is 5.00. The highest BCUT2D eigenvalue weighted by atomic mass is 16.6. The molecule has 0 saturated carbocycles. The minimum Gasteiger partial charge on any atom is -0.465 e. The van der Waals surface area contributed by atoms with E-state index in [2.05, 4.69) is 5.32 Å². The van der Waals surface area contributed by atoms with Gasteiger partial charge in [0.25, 0.3) is 0 Å². The van der Waals surface area contributed by atoms with E-state index in [0.29, 0.717) is 24.4 Å². The number of carbonyl (C=O) groups is 2. The molecule has 1 aliphatic heterocycles. The Hall–Kier alpha value is -2.08. The topological polar surface area (TPSA) is 67.9 Å². The van der Waals surface area contributed by atoms with Gasteiger partial charge in [-0.15, -0.1) is 0 Å². The Balaban J connectivity index is 2.26. The molecule has 1 amide bonds. The molecule has 0 atom stereocenters. The SMILES string of the molecule is COC(=O)c1ccc(OC(=O)N2CCNCC2)c(C(C)(C)C)c1. The van der Waals surface area contributed by atoms with Gasteiger partial charge < -0.3 is 19.7 Å². The Kier molecular flexibility index (Phi) is 5.26. The summed E-state index contributed by atoms with van der Waals surface area (Å²) in [5.41, 5.74) is 0.964. The van der Waals surface area contributed by atoms with E-state index in [-0.39, 0.29) is 11.5 Å². The van der Waals surface area contributed by atoms with Gasteiger partial charge in [-0.25, -0.2) is 9.59 Å². The highest BCUT2D eigenvalue weighted by molar-refractivity contribution is 5.90. The number of amides is 1. The van der Waals surface area contributed by atoms with Crippen molar-refractivity contribution in [1.29, 1.82) is 0 Å². The molecule has 6 heteroatoms. The highest BCUT2D eigenvalue weighted by Gasteiger charge is 2.25. The van der Waals surface area contributed by atoms with Gasteiger partial charge in [0.05, 0.1) is 12.7 Å². The van der Waals surface area contributed by atoms with E-state index in [1.54, 1.807) is 23.1 Å². The van der Waals surface area contributed by atoms with Gasteiger partial charge in [-0.3, -0.25) is 0 Å². The molecule has 6 nitrogen and oxygen atoms in total. The van der Waals surface area contributed by atoms with Gasteiger partial charge in [0, 0.05) is 31.7 Å². The second-order valence-corrected chi connectivity index (χ2v) is 6.56. The van der Waals surface area contributed by atoms with Crippen LogP contribution in [0, 0.1) is 0 Å². The number of methoxy groups -OCH3 is 1. The summed E-state index contributed by atoms with van der Waals surface area (Å²) in [6.45, 7) is 8.81. The average molecular weight is 320 g/mol. The fourth-order valence-corrected chi connectivity index (χ4v) is 2.46. The first-order valence-corrected chi connectivity index (χ1v) is 7.73. The molecule has 1 N–H and O–H groups in total. The normalized spacial score (nSPS) is 15.2. The number of rotatable bonds is 2. The summed E-state index contributed by atoms with van der Waals surface area (Å²) >= 11 is 0. The maximum atomic E-state index is 12.3. The molecular weight excluding hydrogens is 296 g/mol. The van der Waals surface area contributed by atoms with E-state index in [1.165, 1.54) is 7.11 Å². The lowest BCUT2D eigenvalue weighted by atomic mass is 9.85. The predicted molar refractivity (Wildman–Crippen MR) is 86.9 cm³/mol. The lowest BCUT2D eigenvalue weighted by molar-refractivity contribution is 0.0600. The fourth-order valence-electron chi connectivity index (χ4n) is 2.46. The average Bonchev–Trinajstić information content (AvgIpc) is 2.54. The zero-order chi connectivity index (χ0) is 17.0. The zero-order valence-electron chi connectivity index (χ0n) is 14.1. The molecule has 0 aromatic heterocycles. The standard InChI is InChI=1S/C17H24N2O4/c1-17(2,3)13-11-12(15(20)22-4)5-6-14(13)23-16(21)19-9-7-18-8-10-19/h5-6,11,18H,7-10H2,1-4H3. The van der Waals surface area contributed by atoms with Crippen LogP contribution < -0.4 is 10.1 Å². The minimum absolute atomic E-state index is 0.275. The Morgan fingerprint density at radius 2 is 1.83 bits per heavy atom. The van der Waals surface area contributed by atoms with E-state index in [4.69, 9.17) is 9.47 Å². The molecule has 1 fully saturated rings. The second kappa shape index (κ2) is 7.00. The molecule has 0 spiro atoms. The van der Waals surface area contributed by atoms with Crippen LogP contribution in [-0.2, 0) is 10.2 Å². The molecule has 1 aromatic rings. The number of piperazine rings is 1. The summed E-state index contributed by atoms with van der Waals surface area (Å²) in [5.74, 6) is 0.0733. The Morgan fingerprint density at radius 3 is 2.39 bits per heavy atom. The van der Waals surface area contributed by atoms with Crippen LogP contribution in [0.4, 0.5) is 4.79 Å². The molecule has 23 heavy (non-hydrogen) atoms. The number of carbonyl (C=O) groups excluding carboxylic acids is 2. The number of nitrogens with one attached hydrogen (secondary N) is 1. The van der Waals surface area contributed by atoms with Gasteiger partial charge in [0.2, 0.25) is 0 Å². The maximum Gasteiger partial charge on any atom is 0.415 e. The van der Waals surface area contributed by atoms with Crippen LogP contribution in [0.2, 0.25) is 0 Å². The third-order valence-electron chi connectivity index (χ3n) is 3.78. The highest BCUT2D eigenvalue weighted by Crippen LogP contribution is 2.32. The van der Waals surface area contributed by atoms with E-state index < -0.39 is 5.97 Å². The van der Waals surface area contributed by atoms with Gasteiger partial charge in [0.15, 0.2) is 0 Å². The van der Waals surface area contributed by atoms with Crippen LogP contribution in [0.25, 0.3) is 0 Å². The van der Waals surface area contributed by atoms with Crippen molar-refractivity contribution in [3.8, 4) is 5.75 Å². The van der Waals surface area contributed by atoms with E-state index >= 15 is 0 Å². The Labute approximate surface area is 136 Å².